The van der Waals surface area contributed by atoms with E-state index in [4.69, 9.17) is 24.1 Å². The molecule has 0 radical (unpaired) electrons. The van der Waals surface area contributed by atoms with Gasteiger partial charge in [0, 0.05) is 13.2 Å². The van der Waals surface area contributed by atoms with Gasteiger partial charge in [-0.2, -0.15) is 0 Å². The maximum absolute atomic E-state index is 11.6. The zero-order valence-electron chi connectivity index (χ0n) is 19.8. The Kier molecular flexibility index (Phi) is 12.2. The van der Waals surface area contributed by atoms with Crippen LogP contribution in [-0.4, -0.2) is 51.2 Å². The molecule has 1 saturated carbocycles. The molecule has 1 aliphatic rings. The van der Waals surface area contributed by atoms with E-state index < -0.39 is 12.6 Å². The Morgan fingerprint density at radius 1 is 1.00 bits per heavy atom. The van der Waals surface area contributed by atoms with Crippen LogP contribution in [0, 0.1) is 5.92 Å². The zero-order valence-corrected chi connectivity index (χ0v) is 19.8. The Labute approximate surface area is 192 Å². The number of benzene rings is 1. The normalized spacial score (nSPS) is 18.2. The molecular weight excluding hydrogens is 408 g/mol. The maximum atomic E-state index is 11.6. The van der Waals surface area contributed by atoms with Crippen LogP contribution in [0.25, 0.3) is 0 Å². The molecule has 0 atom stereocenters. The second kappa shape index (κ2) is 14.9. The molecule has 1 aliphatic carbocycles. The Balaban J connectivity index is 1.95. The number of aliphatic hydroxyl groups is 1. The summed E-state index contributed by atoms with van der Waals surface area (Å²) < 4.78 is 21.9. The second-order valence-electron chi connectivity index (χ2n) is 8.54. The molecule has 0 aliphatic heterocycles. The molecule has 1 fully saturated rings. The molecular formula is C26H40O6. The molecule has 180 valence electrons. The molecule has 0 aromatic heterocycles. The van der Waals surface area contributed by atoms with E-state index in [9.17, 15) is 4.79 Å². The summed E-state index contributed by atoms with van der Waals surface area (Å²) in [6, 6.07) is 6.07. The SMILES string of the molecule is C=C(CO)C(=O)OCCOc1cc(OCCOC)cc(C2CCC(CCCCC)CC2)c1. The van der Waals surface area contributed by atoms with Crippen LogP contribution in [0.5, 0.6) is 11.5 Å². The van der Waals surface area contributed by atoms with Crippen LogP contribution < -0.4 is 9.47 Å². The summed E-state index contributed by atoms with van der Waals surface area (Å²) in [5.41, 5.74) is 1.28. The lowest BCUT2D eigenvalue weighted by Gasteiger charge is -2.29. The average Bonchev–Trinajstić information content (AvgIpc) is 2.82. The van der Waals surface area contributed by atoms with Crippen LogP contribution in [0.15, 0.2) is 30.4 Å². The lowest BCUT2D eigenvalue weighted by molar-refractivity contribution is -0.140. The first-order valence-electron chi connectivity index (χ1n) is 11.9. The van der Waals surface area contributed by atoms with Crippen LogP contribution in [0.3, 0.4) is 0 Å². The molecule has 1 aromatic rings. The summed E-state index contributed by atoms with van der Waals surface area (Å²) in [5.74, 6) is 2.24. The molecule has 0 heterocycles. The number of carbonyl (C=O) groups excluding carboxylic acids is 1. The highest BCUT2D eigenvalue weighted by Crippen LogP contribution is 2.40. The minimum Gasteiger partial charge on any atom is -0.491 e. The van der Waals surface area contributed by atoms with E-state index >= 15 is 0 Å². The van der Waals surface area contributed by atoms with Gasteiger partial charge in [-0.25, -0.2) is 4.79 Å². The van der Waals surface area contributed by atoms with Gasteiger partial charge in [0.15, 0.2) is 0 Å². The lowest BCUT2D eigenvalue weighted by atomic mass is 9.77. The number of aliphatic hydroxyl groups excluding tert-OH is 1. The van der Waals surface area contributed by atoms with E-state index in [0.717, 1.165) is 11.7 Å². The summed E-state index contributed by atoms with van der Waals surface area (Å²) in [6.07, 6.45) is 10.3. The van der Waals surface area contributed by atoms with E-state index in [0.29, 0.717) is 24.9 Å². The van der Waals surface area contributed by atoms with Crippen molar-refractivity contribution in [2.24, 2.45) is 5.92 Å². The van der Waals surface area contributed by atoms with Crippen LogP contribution in [-0.2, 0) is 14.3 Å². The maximum Gasteiger partial charge on any atom is 0.335 e. The molecule has 6 heteroatoms. The number of hydrogen-bond donors (Lipinski definition) is 1. The number of esters is 1. The molecule has 2 rings (SSSR count). The van der Waals surface area contributed by atoms with Crippen molar-refractivity contribution in [3.63, 3.8) is 0 Å². The molecule has 32 heavy (non-hydrogen) atoms. The fraction of sp³-hybridized carbons (Fsp3) is 0.654. The van der Waals surface area contributed by atoms with Crippen LogP contribution in [0.2, 0.25) is 0 Å². The Bertz CT molecular complexity index is 694. The van der Waals surface area contributed by atoms with E-state index in [1.807, 2.05) is 6.07 Å². The largest absolute Gasteiger partial charge is 0.491 e. The van der Waals surface area contributed by atoms with Crippen molar-refractivity contribution in [2.75, 3.05) is 40.1 Å². The summed E-state index contributed by atoms with van der Waals surface area (Å²) >= 11 is 0. The lowest BCUT2D eigenvalue weighted by Crippen LogP contribution is -2.15. The minimum absolute atomic E-state index is 0.0334. The van der Waals surface area contributed by atoms with E-state index in [1.54, 1.807) is 7.11 Å². The van der Waals surface area contributed by atoms with Gasteiger partial charge in [-0.1, -0.05) is 39.2 Å². The first-order valence-corrected chi connectivity index (χ1v) is 11.9. The van der Waals surface area contributed by atoms with E-state index in [1.165, 1.54) is 56.9 Å². The van der Waals surface area contributed by atoms with Crippen molar-refractivity contribution in [3.8, 4) is 11.5 Å². The van der Waals surface area contributed by atoms with Crippen molar-refractivity contribution in [2.45, 2.75) is 64.2 Å². The molecule has 1 N–H and O–H groups in total. The Morgan fingerprint density at radius 2 is 1.66 bits per heavy atom. The number of unbranched alkanes of at least 4 members (excludes halogenated alkanes) is 2. The average molecular weight is 449 g/mol. The summed E-state index contributed by atoms with van der Waals surface area (Å²) in [7, 11) is 1.65. The number of methoxy groups -OCH3 is 1. The fourth-order valence-corrected chi connectivity index (χ4v) is 4.17. The van der Waals surface area contributed by atoms with Crippen molar-refractivity contribution in [1.29, 1.82) is 0 Å². The van der Waals surface area contributed by atoms with Crippen LogP contribution >= 0.6 is 0 Å². The molecule has 6 nitrogen and oxygen atoms in total. The van der Waals surface area contributed by atoms with Crippen LogP contribution in [0.1, 0.15) is 69.8 Å². The van der Waals surface area contributed by atoms with Gasteiger partial charge in [-0.05, 0) is 55.2 Å². The molecule has 1 aromatic carbocycles. The third kappa shape index (κ3) is 9.21. The standard InChI is InChI=1S/C26H40O6/c1-4-5-6-7-21-8-10-22(11-9-21)23-16-24(30-13-12-29-3)18-25(17-23)31-14-15-32-26(28)20(2)19-27/h16-18,21-22,27H,2,4-15,19H2,1,3H3. The monoisotopic (exact) mass is 448 g/mol. The van der Waals surface area contributed by atoms with Gasteiger partial charge in [0.1, 0.15) is 31.3 Å². The predicted molar refractivity (Wildman–Crippen MR) is 125 cm³/mol. The molecule has 0 spiro atoms. The van der Waals surface area contributed by atoms with Crippen molar-refractivity contribution in [3.05, 3.63) is 35.9 Å². The summed E-state index contributed by atoms with van der Waals surface area (Å²) in [6.45, 7) is 6.60. The quantitative estimate of drug-likeness (QED) is 0.230. The fourth-order valence-electron chi connectivity index (χ4n) is 4.17. The van der Waals surface area contributed by atoms with Gasteiger partial charge in [-0.3, -0.25) is 0 Å². The highest BCUT2D eigenvalue weighted by atomic mass is 16.6. The predicted octanol–water partition coefficient (Wildman–Crippen LogP) is 5.04. The Hall–Kier alpha value is -2.05. The second-order valence-corrected chi connectivity index (χ2v) is 8.54. The number of hydrogen-bond acceptors (Lipinski definition) is 6. The number of rotatable bonds is 15. The zero-order chi connectivity index (χ0) is 23.2. The third-order valence-electron chi connectivity index (χ3n) is 6.06. The first kappa shape index (κ1) is 26.2. The minimum atomic E-state index is -0.607. The third-order valence-corrected chi connectivity index (χ3v) is 6.06. The summed E-state index contributed by atoms with van der Waals surface area (Å²) in [4.78, 5) is 11.6. The van der Waals surface area contributed by atoms with E-state index in [2.05, 4.69) is 25.6 Å². The highest BCUT2D eigenvalue weighted by Gasteiger charge is 2.23. The van der Waals surface area contributed by atoms with Gasteiger partial charge in [0.2, 0.25) is 0 Å². The number of carbonyl (C=O) groups is 1. The Morgan fingerprint density at radius 3 is 2.25 bits per heavy atom. The van der Waals surface area contributed by atoms with Gasteiger partial charge in [0.05, 0.1) is 18.8 Å². The van der Waals surface area contributed by atoms with Crippen molar-refractivity contribution >= 4 is 5.97 Å². The van der Waals surface area contributed by atoms with E-state index in [-0.39, 0.29) is 18.8 Å². The van der Waals surface area contributed by atoms with Gasteiger partial charge in [-0.15, -0.1) is 0 Å². The first-order chi connectivity index (χ1) is 15.6. The topological polar surface area (TPSA) is 74.2 Å². The molecule has 0 amide bonds. The van der Waals surface area contributed by atoms with Crippen molar-refractivity contribution in [1.82, 2.24) is 0 Å². The van der Waals surface area contributed by atoms with Gasteiger partial charge in [0.25, 0.3) is 0 Å². The van der Waals surface area contributed by atoms with Gasteiger partial charge >= 0.3 is 5.97 Å². The number of ether oxygens (including phenoxy) is 4. The molecule has 0 unspecified atom stereocenters. The van der Waals surface area contributed by atoms with Gasteiger partial charge < -0.3 is 24.1 Å². The van der Waals surface area contributed by atoms with Crippen molar-refractivity contribution < 1.29 is 28.8 Å². The van der Waals surface area contributed by atoms with Crippen LogP contribution in [0.4, 0.5) is 0 Å². The highest BCUT2D eigenvalue weighted by molar-refractivity contribution is 5.87. The summed E-state index contributed by atoms with van der Waals surface area (Å²) in [5, 5.41) is 8.93. The molecule has 0 bridgehead atoms. The molecule has 0 saturated heterocycles. The smallest absolute Gasteiger partial charge is 0.335 e.